The number of hydrogen-bond donors (Lipinski definition) is 0. The lowest BCUT2D eigenvalue weighted by molar-refractivity contribution is 0.915. The second-order valence-electron chi connectivity index (χ2n) is 4.04. The molecule has 0 radical (unpaired) electrons. The molecule has 1 aromatic rings. The zero-order valence-corrected chi connectivity index (χ0v) is 8.08. The lowest BCUT2D eigenvalue weighted by Gasteiger charge is -1.90. The molecule has 1 nitrogen and oxygen atoms in total. The maximum atomic E-state index is 11.5. The molecule has 2 atom stereocenters. The molecule has 2 rings (SSSR count). The molecule has 1 heteroatoms. The highest BCUT2D eigenvalue weighted by molar-refractivity contribution is 5.26. The summed E-state index contributed by atoms with van der Waals surface area (Å²) >= 11 is 0. The lowest BCUT2D eigenvalue weighted by atomic mass is 10.1. The number of rotatable bonds is 1. The Hall–Kier alpha value is -1.11. The third-order valence-corrected chi connectivity index (χ3v) is 2.86. The van der Waals surface area contributed by atoms with Crippen molar-refractivity contribution in [2.24, 2.45) is 5.92 Å². The first-order valence-corrected chi connectivity index (χ1v) is 4.79. The third kappa shape index (κ3) is 1.64. The van der Waals surface area contributed by atoms with Crippen molar-refractivity contribution in [3.63, 3.8) is 0 Å². The molecular formula is C12H14O. The average Bonchev–Trinajstić information content (AvgIpc) is 2.80. The van der Waals surface area contributed by atoms with Crippen LogP contribution in [-0.4, -0.2) is 0 Å². The Kier molecular flexibility index (Phi) is 1.95. The minimum Gasteiger partial charge on any atom is -0.290 e. The first-order valence-electron chi connectivity index (χ1n) is 4.79. The lowest BCUT2D eigenvalue weighted by Crippen LogP contribution is -1.99. The van der Waals surface area contributed by atoms with Gasteiger partial charge in [-0.05, 0) is 42.4 Å². The summed E-state index contributed by atoms with van der Waals surface area (Å²) in [5.74, 6) is 1.40. The zero-order chi connectivity index (χ0) is 9.42. The monoisotopic (exact) mass is 174 g/mol. The summed E-state index contributed by atoms with van der Waals surface area (Å²) in [6, 6.07) is 7.74. The predicted molar refractivity (Wildman–Crippen MR) is 54.0 cm³/mol. The molecule has 13 heavy (non-hydrogen) atoms. The smallest absolute Gasteiger partial charge is 0.181 e. The SMILES string of the molecule is Cc1cccc(C2C[C@@H]2C)cc1=O. The molecule has 0 aromatic heterocycles. The van der Waals surface area contributed by atoms with E-state index in [0.717, 1.165) is 11.5 Å². The van der Waals surface area contributed by atoms with Crippen LogP contribution in [0.25, 0.3) is 0 Å². The van der Waals surface area contributed by atoms with Crippen LogP contribution in [0.5, 0.6) is 0 Å². The highest BCUT2D eigenvalue weighted by Gasteiger charge is 2.33. The molecule has 0 aliphatic heterocycles. The molecule has 1 aromatic carbocycles. The van der Waals surface area contributed by atoms with E-state index in [2.05, 4.69) is 13.0 Å². The Balaban J connectivity index is 2.45. The molecule has 0 amide bonds. The summed E-state index contributed by atoms with van der Waals surface area (Å²) in [4.78, 5) is 11.5. The van der Waals surface area contributed by atoms with Gasteiger partial charge in [0.2, 0.25) is 0 Å². The molecular weight excluding hydrogens is 160 g/mol. The Morgan fingerprint density at radius 3 is 2.69 bits per heavy atom. The summed E-state index contributed by atoms with van der Waals surface area (Å²) in [5, 5.41) is 0. The third-order valence-electron chi connectivity index (χ3n) is 2.86. The van der Waals surface area contributed by atoms with E-state index in [1.165, 1.54) is 12.0 Å². The van der Waals surface area contributed by atoms with Crippen molar-refractivity contribution in [3.05, 3.63) is 45.6 Å². The molecule has 68 valence electrons. The summed E-state index contributed by atoms with van der Waals surface area (Å²) < 4.78 is 0. The van der Waals surface area contributed by atoms with Gasteiger partial charge in [-0.15, -0.1) is 0 Å². The van der Waals surface area contributed by atoms with Crippen LogP contribution in [-0.2, 0) is 0 Å². The van der Waals surface area contributed by atoms with Gasteiger partial charge in [0.15, 0.2) is 5.43 Å². The average molecular weight is 174 g/mol. The van der Waals surface area contributed by atoms with Crippen molar-refractivity contribution >= 4 is 0 Å². The fourth-order valence-corrected chi connectivity index (χ4v) is 1.72. The maximum absolute atomic E-state index is 11.5. The van der Waals surface area contributed by atoms with Gasteiger partial charge in [-0.2, -0.15) is 0 Å². The van der Waals surface area contributed by atoms with Crippen molar-refractivity contribution in [2.75, 3.05) is 0 Å². The van der Waals surface area contributed by atoms with Gasteiger partial charge in [0.25, 0.3) is 0 Å². The van der Waals surface area contributed by atoms with Crippen LogP contribution in [0.15, 0.2) is 29.1 Å². The molecule has 1 saturated carbocycles. The maximum Gasteiger partial charge on any atom is 0.181 e. The van der Waals surface area contributed by atoms with Crippen LogP contribution >= 0.6 is 0 Å². The first kappa shape index (κ1) is 8.49. The summed E-state index contributed by atoms with van der Waals surface area (Å²) in [7, 11) is 0. The minimum atomic E-state index is 0.166. The van der Waals surface area contributed by atoms with E-state index in [1.807, 2.05) is 19.1 Å². The van der Waals surface area contributed by atoms with Crippen molar-refractivity contribution in [2.45, 2.75) is 26.2 Å². The van der Waals surface area contributed by atoms with E-state index >= 15 is 0 Å². The van der Waals surface area contributed by atoms with Gasteiger partial charge >= 0.3 is 0 Å². The van der Waals surface area contributed by atoms with Crippen molar-refractivity contribution in [1.29, 1.82) is 0 Å². The molecule has 1 unspecified atom stereocenters. The van der Waals surface area contributed by atoms with Crippen LogP contribution in [0.4, 0.5) is 0 Å². The largest absolute Gasteiger partial charge is 0.290 e. The Morgan fingerprint density at radius 2 is 2.08 bits per heavy atom. The Bertz CT molecular complexity index is 381. The Labute approximate surface area is 78.4 Å². The topological polar surface area (TPSA) is 17.1 Å². The van der Waals surface area contributed by atoms with Gasteiger partial charge in [-0.1, -0.05) is 25.1 Å². The van der Waals surface area contributed by atoms with Crippen LogP contribution in [0.1, 0.15) is 30.4 Å². The van der Waals surface area contributed by atoms with Crippen LogP contribution in [0.3, 0.4) is 0 Å². The number of aryl methyl sites for hydroxylation is 1. The molecule has 1 fully saturated rings. The van der Waals surface area contributed by atoms with E-state index in [9.17, 15) is 4.79 Å². The molecule has 0 heterocycles. The second kappa shape index (κ2) is 2.99. The molecule has 0 bridgehead atoms. The summed E-state index contributed by atoms with van der Waals surface area (Å²) in [6.45, 7) is 4.09. The molecule has 0 saturated heterocycles. The quantitative estimate of drug-likeness (QED) is 0.639. The van der Waals surface area contributed by atoms with E-state index in [4.69, 9.17) is 0 Å². The van der Waals surface area contributed by atoms with E-state index < -0.39 is 0 Å². The number of hydrogen-bond acceptors (Lipinski definition) is 1. The predicted octanol–water partition coefficient (Wildman–Crippen LogP) is 2.48. The van der Waals surface area contributed by atoms with Crippen LogP contribution < -0.4 is 5.43 Å². The van der Waals surface area contributed by atoms with Crippen LogP contribution in [0.2, 0.25) is 0 Å². The molecule has 1 aliphatic rings. The fraction of sp³-hybridized carbons (Fsp3) is 0.417. The van der Waals surface area contributed by atoms with Gasteiger partial charge in [0, 0.05) is 0 Å². The Morgan fingerprint density at radius 1 is 1.38 bits per heavy atom. The van der Waals surface area contributed by atoms with Gasteiger partial charge in [0.05, 0.1) is 0 Å². The van der Waals surface area contributed by atoms with E-state index in [0.29, 0.717) is 5.92 Å². The molecule has 0 N–H and O–H groups in total. The summed E-state index contributed by atoms with van der Waals surface area (Å²) in [6.07, 6.45) is 1.24. The normalized spacial score (nSPS) is 25.7. The van der Waals surface area contributed by atoms with Gasteiger partial charge in [0.1, 0.15) is 0 Å². The van der Waals surface area contributed by atoms with Crippen molar-refractivity contribution in [1.82, 2.24) is 0 Å². The fourth-order valence-electron chi connectivity index (χ4n) is 1.72. The summed E-state index contributed by atoms with van der Waals surface area (Å²) in [5.41, 5.74) is 2.21. The highest BCUT2D eigenvalue weighted by Crippen LogP contribution is 2.46. The van der Waals surface area contributed by atoms with Gasteiger partial charge in [-0.25, -0.2) is 0 Å². The minimum absolute atomic E-state index is 0.166. The molecule has 1 aliphatic carbocycles. The van der Waals surface area contributed by atoms with E-state index in [-0.39, 0.29) is 5.43 Å². The van der Waals surface area contributed by atoms with Crippen LogP contribution in [0, 0.1) is 12.8 Å². The van der Waals surface area contributed by atoms with Crippen molar-refractivity contribution < 1.29 is 0 Å². The van der Waals surface area contributed by atoms with Crippen molar-refractivity contribution in [3.8, 4) is 0 Å². The standard InChI is InChI=1S/C12H14O/c1-8-4-3-5-10(7-12(8)13)11-6-9(11)2/h3-5,7,9,11H,6H2,1-2H3/t9-,11?/m0/s1. The highest BCUT2D eigenvalue weighted by atomic mass is 16.1. The van der Waals surface area contributed by atoms with E-state index in [1.54, 1.807) is 6.07 Å². The first-order chi connectivity index (χ1) is 6.18. The zero-order valence-electron chi connectivity index (χ0n) is 8.08. The molecule has 0 spiro atoms. The van der Waals surface area contributed by atoms with Gasteiger partial charge < -0.3 is 0 Å². The van der Waals surface area contributed by atoms with Gasteiger partial charge in [-0.3, -0.25) is 4.79 Å². The second-order valence-corrected chi connectivity index (χ2v) is 4.04.